The van der Waals surface area contributed by atoms with Crippen molar-refractivity contribution >= 4 is 48.3 Å². The Balaban J connectivity index is 2.17. The van der Waals surface area contributed by atoms with E-state index in [2.05, 4.69) is 20.9 Å². The molecule has 28 heavy (non-hydrogen) atoms. The highest BCUT2D eigenvalue weighted by atomic mass is 79.9. The van der Waals surface area contributed by atoms with Crippen LogP contribution in [0.1, 0.15) is 24.5 Å². The number of alkyl halides is 2. The Labute approximate surface area is 173 Å². The van der Waals surface area contributed by atoms with Gasteiger partial charge in [-0.1, -0.05) is 34.5 Å². The lowest BCUT2D eigenvalue weighted by molar-refractivity contribution is 0.150. The van der Waals surface area contributed by atoms with E-state index < -0.39 is 21.8 Å². The van der Waals surface area contributed by atoms with E-state index in [0.29, 0.717) is 10.6 Å². The fourth-order valence-electron chi connectivity index (χ4n) is 2.79. The number of rotatable bonds is 5. The first-order valence-electron chi connectivity index (χ1n) is 8.12. The van der Waals surface area contributed by atoms with Crippen LogP contribution in [0.4, 0.5) is 8.78 Å². The minimum Gasteiger partial charge on any atom is -0.294 e. The summed E-state index contributed by atoms with van der Waals surface area (Å²) in [5.74, 6) is -0.113. The van der Waals surface area contributed by atoms with Gasteiger partial charge >= 0.3 is 0 Å². The quantitative estimate of drug-likeness (QED) is 0.523. The monoisotopic (exact) mass is 490 g/mol. The number of benzene rings is 2. The zero-order valence-corrected chi connectivity index (χ0v) is 17.7. The Hall–Kier alpha value is -1.84. The van der Waals surface area contributed by atoms with E-state index in [9.17, 15) is 22.0 Å². The summed E-state index contributed by atoms with van der Waals surface area (Å²) < 4.78 is 52.3. The second kappa shape index (κ2) is 7.88. The maximum Gasteiger partial charge on any atom is 0.264 e. The molecule has 148 valence electrons. The number of sulfone groups is 1. The SMILES string of the molecule is CCS(=O)(=O)c1ccc(Cl)cc1Cn1cnc2cc(Br)c(C(F)F)cc2c1=O. The molecule has 3 rings (SSSR count). The predicted octanol–water partition coefficient (Wildman–Crippen LogP) is 4.59. The largest absolute Gasteiger partial charge is 0.294 e. The standard InChI is InChI=1S/C18H14BrClF2N2O3S/c1-2-28(26,27)16-4-3-11(20)5-10(16)8-24-9-23-15-7-14(19)12(17(21)22)6-13(15)18(24)25/h3-7,9,17H,2,8H2,1H3. The Morgan fingerprint density at radius 2 is 1.96 bits per heavy atom. The summed E-state index contributed by atoms with van der Waals surface area (Å²) in [6.45, 7) is 1.40. The fourth-order valence-corrected chi connectivity index (χ4v) is 4.60. The summed E-state index contributed by atoms with van der Waals surface area (Å²) in [5.41, 5.74) is -0.297. The third-order valence-electron chi connectivity index (χ3n) is 4.26. The highest BCUT2D eigenvalue weighted by Crippen LogP contribution is 2.30. The van der Waals surface area contributed by atoms with Crippen molar-refractivity contribution in [1.29, 1.82) is 0 Å². The molecule has 0 aliphatic carbocycles. The predicted molar refractivity (Wildman–Crippen MR) is 107 cm³/mol. The van der Waals surface area contributed by atoms with E-state index in [1.807, 2.05) is 0 Å². The average Bonchev–Trinajstić information content (AvgIpc) is 2.63. The summed E-state index contributed by atoms with van der Waals surface area (Å²) >= 11 is 9.05. The van der Waals surface area contributed by atoms with Crippen LogP contribution in [0.25, 0.3) is 10.9 Å². The number of aromatic nitrogens is 2. The zero-order chi connectivity index (χ0) is 20.6. The molecule has 0 atom stereocenters. The molecule has 0 N–H and O–H groups in total. The van der Waals surface area contributed by atoms with Gasteiger partial charge in [0.15, 0.2) is 9.84 Å². The number of halogens is 4. The van der Waals surface area contributed by atoms with Crippen molar-refractivity contribution in [2.75, 3.05) is 5.75 Å². The zero-order valence-electron chi connectivity index (χ0n) is 14.5. The van der Waals surface area contributed by atoms with Crippen molar-refractivity contribution in [1.82, 2.24) is 9.55 Å². The smallest absolute Gasteiger partial charge is 0.264 e. The molecule has 10 heteroatoms. The van der Waals surface area contributed by atoms with Gasteiger partial charge in [-0.05, 0) is 35.9 Å². The second-order valence-corrected chi connectivity index (χ2v) is 9.56. The summed E-state index contributed by atoms with van der Waals surface area (Å²) in [7, 11) is -3.54. The molecule has 2 aromatic carbocycles. The van der Waals surface area contributed by atoms with Gasteiger partial charge in [0.2, 0.25) is 0 Å². The van der Waals surface area contributed by atoms with Crippen molar-refractivity contribution in [2.24, 2.45) is 0 Å². The van der Waals surface area contributed by atoms with Crippen molar-refractivity contribution < 1.29 is 17.2 Å². The van der Waals surface area contributed by atoms with Crippen molar-refractivity contribution in [3.8, 4) is 0 Å². The van der Waals surface area contributed by atoms with E-state index in [1.54, 1.807) is 0 Å². The molecule has 0 radical (unpaired) electrons. The molecular formula is C18H14BrClF2N2O3S. The lowest BCUT2D eigenvalue weighted by Crippen LogP contribution is -2.22. The van der Waals surface area contributed by atoms with E-state index in [-0.39, 0.29) is 38.1 Å². The molecule has 1 heterocycles. The third-order valence-corrected chi connectivity index (χ3v) is 7.01. The number of hydrogen-bond acceptors (Lipinski definition) is 4. The summed E-state index contributed by atoms with van der Waals surface area (Å²) in [6, 6.07) is 6.77. The highest BCUT2D eigenvalue weighted by Gasteiger charge is 2.19. The van der Waals surface area contributed by atoms with Crippen molar-refractivity contribution in [3.05, 3.63) is 67.6 Å². The third kappa shape index (κ3) is 3.97. The Bertz CT molecular complexity index is 1230. The van der Waals surface area contributed by atoms with Gasteiger partial charge in [-0.25, -0.2) is 22.2 Å². The molecule has 0 aliphatic rings. The van der Waals surface area contributed by atoms with Crippen LogP contribution < -0.4 is 5.56 Å². The fraction of sp³-hybridized carbons (Fsp3) is 0.222. The topological polar surface area (TPSA) is 69.0 Å². The van der Waals surface area contributed by atoms with Crippen LogP contribution in [0.5, 0.6) is 0 Å². The van der Waals surface area contributed by atoms with Gasteiger partial charge in [-0.2, -0.15) is 0 Å². The molecule has 0 amide bonds. The molecule has 3 aromatic rings. The lowest BCUT2D eigenvalue weighted by atomic mass is 10.1. The lowest BCUT2D eigenvalue weighted by Gasteiger charge is -2.13. The minimum atomic E-state index is -3.54. The number of nitrogens with zero attached hydrogens (tertiary/aromatic N) is 2. The van der Waals surface area contributed by atoms with E-state index in [4.69, 9.17) is 11.6 Å². The first-order chi connectivity index (χ1) is 13.1. The number of hydrogen-bond donors (Lipinski definition) is 0. The van der Waals surface area contributed by atoms with Crippen LogP contribution in [0.2, 0.25) is 5.02 Å². The van der Waals surface area contributed by atoms with Crippen LogP contribution in [0.15, 0.2) is 50.8 Å². The van der Waals surface area contributed by atoms with Crippen LogP contribution in [0, 0.1) is 0 Å². The average molecular weight is 492 g/mol. The summed E-state index contributed by atoms with van der Waals surface area (Å²) in [5, 5.41) is 0.332. The summed E-state index contributed by atoms with van der Waals surface area (Å²) in [6.07, 6.45) is -1.51. The molecule has 0 spiro atoms. The van der Waals surface area contributed by atoms with Gasteiger partial charge in [0.05, 0.1) is 34.4 Å². The number of fused-ring (bicyclic) bond motifs is 1. The molecule has 0 saturated heterocycles. The molecule has 5 nitrogen and oxygen atoms in total. The molecular weight excluding hydrogens is 478 g/mol. The molecule has 0 aliphatic heterocycles. The Kier molecular flexibility index (Phi) is 5.88. The van der Waals surface area contributed by atoms with Crippen molar-refractivity contribution in [3.63, 3.8) is 0 Å². The van der Waals surface area contributed by atoms with Gasteiger partial charge in [0.1, 0.15) is 0 Å². The van der Waals surface area contributed by atoms with Crippen molar-refractivity contribution in [2.45, 2.75) is 24.8 Å². The van der Waals surface area contributed by atoms with Gasteiger partial charge in [0, 0.05) is 15.1 Å². The van der Waals surface area contributed by atoms with Gasteiger partial charge in [-0.15, -0.1) is 0 Å². The van der Waals surface area contributed by atoms with E-state index in [1.165, 1.54) is 42.1 Å². The van der Waals surface area contributed by atoms with Gasteiger partial charge in [-0.3, -0.25) is 9.36 Å². The first-order valence-corrected chi connectivity index (χ1v) is 10.9. The molecule has 0 bridgehead atoms. The minimum absolute atomic E-state index is 0.0166. The highest BCUT2D eigenvalue weighted by molar-refractivity contribution is 9.10. The maximum absolute atomic E-state index is 13.2. The van der Waals surface area contributed by atoms with Crippen LogP contribution in [-0.2, 0) is 16.4 Å². The van der Waals surface area contributed by atoms with E-state index in [0.717, 1.165) is 6.07 Å². The second-order valence-electron chi connectivity index (χ2n) is 6.02. The van der Waals surface area contributed by atoms with Crippen LogP contribution >= 0.6 is 27.5 Å². The van der Waals surface area contributed by atoms with Crippen LogP contribution in [-0.4, -0.2) is 23.7 Å². The molecule has 0 saturated carbocycles. The summed E-state index contributed by atoms with van der Waals surface area (Å²) in [4.78, 5) is 17.0. The normalized spacial score (nSPS) is 12.1. The van der Waals surface area contributed by atoms with Gasteiger partial charge in [0.25, 0.3) is 12.0 Å². The van der Waals surface area contributed by atoms with Crippen LogP contribution in [0.3, 0.4) is 0 Å². The molecule has 0 fully saturated rings. The first kappa shape index (κ1) is 20.9. The van der Waals surface area contributed by atoms with E-state index >= 15 is 0 Å². The Morgan fingerprint density at radius 1 is 1.25 bits per heavy atom. The molecule has 0 unspecified atom stereocenters. The molecule has 1 aromatic heterocycles. The maximum atomic E-state index is 13.2. The Morgan fingerprint density at radius 3 is 2.61 bits per heavy atom. The van der Waals surface area contributed by atoms with Gasteiger partial charge < -0.3 is 0 Å².